The number of aromatic amines is 1. The molecule has 0 radical (unpaired) electrons. The molecule has 1 N–H and O–H groups in total. The largest absolute Gasteiger partial charge is 0.493 e. The number of H-pyrrole nitrogens is 1. The molecule has 1 aromatic heterocycles. The Bertz CT molecular complexity index is 1040. The highest BCUT2D eigenvalue weighted by Crippen LogP contribution is 2.42. The quantitative estimate of drug-likeness (QED) is 0.740. The van der Waals surface area contributed by atoms with Crippen LogP contribution in [0, 0.1) is 18.3 Å². The molecular weight excluding hydrogens is 318 g/mol. The van der Waals surface area contributed by atoms with Crippen molar-refractivity contribution >= 4 is 22.7 Å². The first kappa shape index (κ1) is 15.1. The average Bonchev–Trinajstić information content (AvgIpc) is 3.24. The van der Waals surface area contributed by atoms with Crippen LogP contribution in [0.3, 0.4) is 0 Å². The minimum atomic E-state index is 0.160. The van der Waals surface area contributed by atoms with E-state index in [2.05, 4.69) is 16.0 Å². The molecule has 0 aliphatic carbocycles. The van der Waals surface area contributed by atoms with Crippen molar-refractivity contribution in [2.75, 3.05) is 13.9 Å². The molecule has 1 aliphatic heterocycles. The molecule has 0 amide bonds. The first-order valence-corrected chi connectivity index (χ1v) is 7.74. The van der Waals surface area contributed by atoms with E-state index in [-0.39, 0.29) is 6.79 Å². The fourth-order valence-corrected chi connectivity index (χ4v) is 2.80. The van der Waals surface area contributed by atoms with Gasteiger partial charge in [-0.3, -0.25) is 0 Å². The molecule has 0 saturated carbocycles. The van der Waals surface area contributed by atoms with Gasteiger partial charge in [0.05, 0.1) is 23.7 Å². The number of benzene rings is 2. The molecule has 4 rings (SSSR count). The van der Waals surface area contributed by atoms with Crippen molar-refractivity contribution < 1.29 is 14.2 Å². The Morgan fingerprint density at radius 3 is 3.00 bits per heavy atom. The molecule has 2 heterocycles. The number of ether oxygens (including phenoxy) is 3. The van der Waals surface area contributed by atoms with Gasteiger partial charge in [0.15, 0.2) is 11.5 Å². The van der Waals surface area contributed by atoms with E-state index in [0.29, 0.717) is 28.6 Å². The van der Waals surface area contributed by atoms with Crippen LogP contribution in [-0.2, 0) is 0 Å². The van der Waals surface area contributed by atoms with Crippen molar-refractivity contribution in [2.45, 2.75) is 6.92 Å². The molecule has 25 heavy (non-hydrogen) atoms. The third-order valence-corrected chi connectivity index (χ3v) is 4.00. The average molecular weight is 333 g/mol. The summed E-state index contributed by atoms with van der Waals surface area (Å²) in [5.41, 5.74) is 4.05. The van der Waals surface area contributed by atoms with Gasteiger partial charge in [0.25, 0.3) is 0 Å². The SMILES string of the molecule is COc1cc(/C=C(/C#N)c2nc3ccc(C)cc3[nH]2)cc2c1OCO2. The van der Waals surface area contributed by atoms with Gasteiger partial charge in [-0.25, -0.2) is 4.98 Å². The molecule has 6 heteroatoms. The highest BCUT2D eigenvalue weighted by molar-refractivity contribution is 5.91. The van der Waals surface area contributed by atoms with E-state index in [4.69, 9.17) is 14.2 Å². The maximum Gasteiger partial charge on any atom is 0.231 e. The third kappa shape index (κ3) is 2.66. The van der Waals surface area contributed by atoms with Crippen LogP contribution < -0.4 is 14.2 Å². The molecule has 0 fully saturated rings. The topological polar surface area (TPSA) is 80.2 Å². The number of nitriles is 1. The number of rotatable bonds is 3. The third-order valence-electron chi connectivity index (χ3n) is 4.00. The minimum absolute atomic E-state index is 0.160. The van der Waals surface area contributed by atoms with Crippen molar-refractivity contribution in [1.82, 2.24) is 9.97 Å². The number of hydrogen-bond donors (Lipinski definition) is 1. The molecule has 3 aromatic rings. The molecule has 0 bridgehead atoms. The Balaban J connectivity index is 1.79. The van der Waals surface area contributed by atoms with Crippen molar-refractivity contribution in [3.05, 3.63) is 47.3 Å². The molecule has 0 atom stereocenters. The van der Waals surface area contributed by atoms with E-state index in [1.54, 1.807) is 19.3 Å². The number of hydrogen-bond acceptors (Lipinski definition) is 5. The summed E-state index contributed by atoms with van der Waals surface area (Å²) in [5, 5.41) is 9.57. The van der Waals surface area contributed by atoms with Gasteiger partial charge in [0.2, 0.25) is 12.5 Å². The van der Waals surface area contributed by atoms with E-state index in [1.165, 1.54) is 0 Å². The van der Waals surface area contributed by atoms with Crippen LogP contribution >= 0.6 is 0 Å². The number of fused-ring (bicyclic) bond motifs is 2. The summed E-state index contributed by atoms with van der Waals surface area (Å²) in [4.78, 5) is 7.70. The number of allylic oxidation sites excluding steroid dienone is 1. The monoisotopic (exact) mass is 333 g/mol. The molecular formula is C19H15N3O3. The zero-order valence-electron chi connectivity index (χ0n) is 13.8. The standard InChI is InChI=1S/C19H15N3O3/c1-11-3-4-14-15(5-11)22-19(21-14)13(9-20)6-12-7-16(23-2)18-17(8-12)24-10-25-18/h3-8H,10H2,1-2H3,(H,21,22)/b13-6-. The second-order valence-corrected chi connectivity index (χ2v) is 5.73. The Morgan fingerprint density at radius 1 is 1.32 bits per heavy atom. The predicted molar refractivity (Wildman–Crippen MR) is 93.4 cm³/mol. The molecule has 0 spiro atoms. The molecule has 6 nitrogen and oxygen atoms in total. The van der Waals surface area contributed by atoms with E-state index < -0.39 is 0 Å². The Hall–Kier alpha value is -3.46. The zero-order valence-corrected chi connectivity index (χ0v) is 13.8. The molecule has 0 saturated heterocycles. The predicted octanol–water partition coefficient (Wildman–Crippen LogP) is 3.67. The Kier molecular flexibility index (Phi) is 3.55. The van der Waals surface area contributed by atoms with Gasteiger partial charge in [-0.05, 0) is 48.4 Å². The molecule has 0 unspecified atom stereocenters. The second kappa shape index (κ2) is 5.87. The Morgan fingerprint density at radius 2 is 2.20 bits per heavy atom. The van der Waals surface area contributed by atoms with Crippen molar-refractivity contribution in [3.8, 4) is 23.3 Å². The number of aryl methyl sites for hydroxylation is 1. The molecule has 124 valence electrons. The maximum absolute atomic E-state index is 9.57. The summed E-state index contributed by atoms with van der Waals surface area (Å²) in [6.07, 6.45) is 1.75. The number of methoxy groups -OCH3 is 1. The normalized spacial score (nSPS) is 13.1. The van der Waals surface area contributed by atoms with Crippen LogP contribution in [0.4, 0.5) is 0 Å². The minimum Gasteiger partial charge on any atom is -0.493 e. The smallest absolute Gasteiger partial charge is 0.231 e. The molecule has 2 aromatic carbocycles. The van der Waals surface area contributed by atoms with E-state index >= 15 is 0 Å². The second-order valence-electron chi connectivity index (χ2n) is 5.73. The van der Waals surface area contributed by atoms with Crippen LogP contribution in [0.25, 0.3) is 22.7 Å². The van der Waals surface area contributed by atoms with Crippen LogP contribution in [0.1, 0.15) is 17.0 Å². The van der Waals surface area contributed by atoms with Gasteiger partial charge in [0.1, 0.15) is 11.9 Å². The van der Waals surface area contributed by atoms with Gasteiger partial charge < -0.3 is 19.2 Å². The van der Waals surface area contributed by atoms with Gasteiger partial charge in [-0.2, -0.15) is 5.26 Å². The summed E-state index contributed by atoms with van der Waals surface area (Å²) < 4.78 is 16.2. The summed E-state index contributed by atoms with van der Waals surface area (Å²) in [5.74, 6) is 2.28. The fraction of sp³-hybridized carbons (Fsp3) is 0.158. The highest BCUT2D eigenvalue weighted by Gasteiger charge is 2.20. The van der Waals surface area contributed by atoms with E-state index in [0.717, 1.165) is 22.2 Å². The number of nitrogens with zero attached hydrogens (tertiary/aromatic N) is 2. The number of nitrogens with one attached hydrogen (secondary N) is 1. The summed E-state index contributed by atoms with van der Waals surface area (Å²) in [7, 11) is 1.57. The zero-order chi connectivity index (χ0) is 17.4. The fourth-order valence-electron chi connectivity index (χ4n) is 2.80. The van der Waals surface area contributed by atoms with Gasteiger partial charge in [0, 0.05) is 0 Å². The van der Waals surface area contributed by atoms with Crippen LogP contribution in [0.5, 0.6) is 17.2 Å². The van der Waals surface area contributed by atoms with Gasteiger partial charge >= 0.3 is 0 Å². The lowest BCUT2D eigenvalue weighted by Gasteiger charge is -2.06. The summed E-state index contributed by atoms with van der Waals surface area (Å²) >= 11 is 0. The lowest BCUT2D eigenvalue weighted by atomic mass is 10.1. The van der Waals surface area contributed by atoms with Gasteiger partial charge in [-0.15, -0.1) is 0 Å². The first-order valence-electron chi connectivity index (χ1n) is 7.74. The van der Waals surface area contributed by atoms with Gasteiger partial charge in [-0.1, -0.05) is 6.07 Å². The first-order chi connectivity index (χ1) is 12.2. The van der Waals surface area contributed by atoms with Crippen LogP contribution in [0.15, 0.2) is 30.3 Å². The maximum atomic E-state index is 9.57. The molecule has 1 aliphatic rings. The summed E-state index contributed by atoms with van der Waals surface area (Å²) in [6.45, 7) is 2.17. The highest BCUT2D eigenvalue weighted by atomic mass is 16.7. The van der Waals surface area contributed by atoms with E-state index in [9.17, 15) is 5.26 Å². The lowest BCUT2D eigenvalue weighted by molar-refractivity contribution is 0.171. The van der Waals surface area contributed by atoms with E-state index in [1.807, 2.05) is 31.2 Å². The number of imidazole rings is 1. The Labute approximate surface area is 144 Å². The lowest BCUT2D eigenvalue weighted by Crippen LogP contribution is -1.93. The number of aromatic nitrogens is 2. The van der Waals surface area contributed by atoms with Crippen molar-refractivity contribution in [2.24, 2.45) is 0 Å². The van der Waals surface area contributed by atoms with Crippen LogP contribution in [0.2, 0.25) is 0 Å². The van der Waals surface area contributed by atoms with Crippen LogP contribution in [-0.4, -0.2) is 23.9 Å². The van der Waals surface area contributed by atoms with Crippen molar-refractivity contribution in [1.29, 1.82) is 5.26 Å². The van der Waals surface area contributed by atoms with Crippen molar-refractivity contribution in [3.63, 3.8) is 0 Å². The summed E-state index contributed by atoms with van der Waals surface area (Å²) in [6, 6.07) is 11.7.